The molecule has 5 nitrogen and oxygen atoms in total. The van der Waals surface area contributed by atoms with E-state index in [1.54, 1.807) is 22.8 Å². The van der Waals surface area contributed by atoms with E-state index in [4.69, 9.17) is 4.74 Å². The highest BCUT2D eigenvalue weighted by molar-refractivity contribution is 5.89. The highest BCUT2D eigenvalue weighted by Crippen LogP contribution is 2.13. The van der Waals surface area contributed by atoms with E-state index < -0.39 is 0 Å². The van der Waals surface area contributed by atoms with Crippen LogP contribution in [0.3, 0.4) is 0 Å². The predicted molar refractivity (Wildman–Crippen MR) is 78.3 cm³/mol. The van der Waals surface area contributed by atoms with Crippen molar-refractivity contribution >= 4 is 11.6 Å². The summed E-state index contributed by atoms with van der Waals surface area (Å²) in [6.07, 6.45) is 2.30. The summed E-state index contributed by atoms with van der Waals surface area (Å²) in [5.74, 6) is 0.346. The minimum absolute atomic E-state index is 0.382. The maximum atomic E-state index is 11.5. The first-order valence-electron chi connectivity index (χ1n) is 6.65. The Bertz CT molecular complexity index is 808. The first-order chi connectivity index (χ1) is 10.2. The molecule has 0 unspecified atom stereocenters. The number of rotatable bonds is 3. The number of esters is 1. The number of carbonyl (C=O) groups is 1. The molecular weight excluding hydrogens is 266 g/mol. The molecule has 106 valence electrons. The minimum Gasteiger partial charge on any atom is -0.465 e. The maximum Gasteiger partial charge on any atom is 0.339 e. The fourth-order valence-corrected chi connectivity index (χ4v) is 2.22. The second-order valence-electron chi connectivity index (χ2n) is 4.84. The van der Waals surface area contributed by atoms with Crippen LogP contribution in [0.15, 0.2) is 42.6 Å². The zero-order valence-corrected chi connectivity index (χ0v) is 11.9. The average molecular weight is 281 g/mol. The summed E-state index contributed by atoms with van der Waals surface area (Å²) in [6, 6.07) is 11.6. The molecule has 3 rings (SSSR count). The number of nitrogens with zero attached hydrogens (tertiary/aromatic N) is 3. The summed E-state index contributed by atoms with van der Waals surface area (Å²) in [7, 11) is 1.36. The van der Waals surface area contributed by atoms with E-state index >= 15 is 0 Å². The molecule has 2 heterocycles. The Morgan fingerprint density at radius 1 is 1.24 bits per heavy atom. The van der Waals surface area contributed by atoms with Crippen LogP contribution in [0.2, 0.25) is 0 Å². The molecule has 0 aliphatic heterocycles. The van der Waals surface area contributed by atoms with Crippen molar-refractivity contribution in [2.75, 3.05) is 7.11 Å². The Hall–Kier alpha value is -2.69. The van der Waals surface area contributed by atoms with Gasteiger partial charge in [0.15, 0.2) is 11.5 Å². The third-order valence-corrected chi connectivity index (χ3v) is 3.41. The van der Waals surface area contributed by atoms with Gasteiger partial charge in [-0.15, -0.1) is 0 Å². The molecule has 2 aromatic heterocycles. The Morgan fingerprint density at radius 2 is 2.05 bits per heavy atom. The molecule has 0 aliphatic rings. The van der Waals surface area contributed by atoms with Crippen molar-refractivity contribution in [3.63, 3.8) is 0 Å². The van der Waals surface area contributed by atoms with Crippen LogP contribution in [0.25, 0.3) is 5.65 Å². The number of ether oxygens (including phenoxy) is 1. The number of fused-ring (bicyclic) bond motifs is 1. The molecule has 0 aliphatic carbocycles. The fourth-order valence-electron chi connectivity index (χ4n) is 2.22. The molecule has 0 saturated carbocycles. The summed E-state index contributed by atoms with van der Waals surface area (Å²) in [5.41, 5.74) is 3.58. The fraction of sp³-hybridized carbons (Fsp3) is 0.188. The zero-order chi connectivity index (χ0) is 14.8. The lowest BCUT2D eigenvalue weighted by atomic mass is 10.1. The van der Waals surface area contributed by atoms with E-state index in [1.165, 1.54) is 18.2 Å². The Labute approximate surface area is 122 Å². The lowest BCUT2D eigenvalue weighted by Crippen LogP contribution is -2.03. The number of benzene rings is 1. The normalized spacial score (nSPS) is 10.8. The monoisotopic (exact) mass is 281 g/mol. The quantitative estimate of drug-likeness (QED) is 0.692. The first kappa shape index (κ1) is 13.3. The van der Waals surface area contributed by atoms with E-state index in [-0.39, 0.29) is 5.97 Å². The molecule has 0 atom stereocenters. The van der Waals surface area contributed by atoms with Crippen LogP contribution in [0.1, 0.15) is 27.3 Å². The van der Waals surface area contributed by atoms with Gasteiger partial charge < -0.3 is 4.74 Å². The van der Waals surface area contributed by atoms with Crippen LogP contribution >= 0.6 is 0 Å². The molecule has 0 amide bonds. The van der Waals surface area contributed by atoms with E-state index in [2.05, 4.69) is 29.1 Å². The van der Waals surface area contributed by atoms with Crippen molar-refractivity contribution in [3.8, 4) is 0 Å². The summed E-state index contributed by atoms with van der Waals surface area (Å²) in [6.45, 7) is 2.07. The standard InChI is InChI=1S/C16H15N3O2/c1-11-5-3-4-6-12(11)9-14-17-15-8-7-13(16(20)21-2)10-19(15)18-14/h3-8,10H,9H2,1-2H3. The third-order valence-electron chi connectivity index (χ3n) is 3.41. The van der Waals surface area contributed by atoms with Crippen LogP contribution < -0.4 is 0 Å². The molecule has 0 spiro atoms. The van der Waals surface area contributed by atoms with Gasteiger partial charge in [-0.1, -0.05) is 24.3 Å². The van der Waals surface area contributed by atoms with Gasteiger partial charge in [-0.3, -0.25) is 0 Å². The highest BCUT2D eigenvalue weighted by atomic mass is 16.5. The van der Waals surface area contributed by atoms with E-state index in [1.807, 2.05) is 12.1 Å². The lowest BCUT2D eigenvalue weighted by Gasteiger charge is -2.01. The van der Waals surface area contributed by atoms with Gasteiger partial charge in [0.1, 0.15) is 0 Å². The van der Waals surface area contributed by atoms with Gasteiger partial charge in [0, 0.05) is 12.6 Å². The minimum atomic E-state index is -0.382. The Balaban J connectivity index is 1.94. The van der Waals surface area contributed by atoms with Crippen molar-refractivity contribution < 1.29 is 9.53 Å². The number of carbonyl (C=O) groups excluding carboxylic acids is 1. The average Bonchev–Trinajstić information content (AvgIpc) is 2.90. The molecule has 0 N–H and O–H groups in total. The van der Waals surface area contributed by atoms with Crippen molar-refractivity contribution in [2.24, 2.45) is 0 Å². The van der Waals surface area contributed by atoms with Crippen molar-refractivity contribution in [1.29, 1.82) is 0 Å². The van der Waals surface area contributed by atoms with Crippen LogP contribution in [-0.2, 0) is 11.2 Å². The van der Waals surface area contributed by atoms with Crippen LogP contribution in [0.5, 0.6) is 0 Å². The van der Waals surface area contributed by atoms with Gasteiger partial charge in [-0.25, -0.2) is 14.3 Å². The molecular formula is C16H15N3O2. The van der Waals surface area contributed by atoms with E-state index in [0.717, 1.165) is 5.82 Å². The van der Waals surface area contributed by atoms with Gasteiger partial charge in [-0.2, -0.15) is 5.10 Å². The van der Waals surface area contributed by atoms with Gasteiger partial charge in [0.2, 0.25) is 0 Å². The summed E-state index contributed by atoms with van der Waals surface area (Å²) >= 11 is 0. The summed E-state index contributed by atoms with van der Waals surface area (Å²) < 4.78 is 6.31. The molecule has 0 radical (unpaired) electrons. The topological polar surface area (TPSA) is 56.5 Å². The summed E-state index contributed by atoms with van der Waals surface area (Å²) in [4.78, 5) is 16.0. The molecule has 1 aromatic carbocycles. The Morgan fingerprint density at radius 3 is 2.81 bits per heavy atom. The highest BCUT2D eigenvalue weighted by Gasteiger charge is 2.10. The lowest BCUT2D eigenvalue weighted by molar-refractivity contribution is 0.0600. The van der Waals surface area contributed by atoms with Crippen molar-refractivity contribution in [1.82, 2.24) is 14.6 Å². The van der Waals surface area contributed by atoms with Crippen LogP contribution in [-0.4, -0.2) is 27.7 Å². The number of aromatic nitrogens is 3. The van der Waals surface area contributed by atoms with Crippen LogP contribution in [0, 0.1) is 6.92 Å². The van der Waals surface area contributed by atoms with Gasteiger partial charge in [0.25, 0.3) is 0 Å². The Kier molecular flexibility index (Phi) is 3.39. The molecule has 0 fully saturated rings. The molecule has 0 saturated heterocycles. The number of aryl methyl sites for hydroxylation is 1. The summed E-state index contributed by atoms with van der Waals surface area (Å²) in [5, 5.41) is 4.42. The molecule has 5 heteroatoms. The van der Waals surface area contributed by atoms with Crippen molar-refractivity contribution in [2.45, 2.75) is 13.3 Å². The van der Waals surface area contributed by atoms with E-state index in [9.17, 15) is 4.79 Å². The first-order valence-corrected chi connectivity index (χ1v) is 6.65. The second kappa shape index (κ2) is 5.36. The third kappa shape index (κ3) is 2.63. The van der Waals surface area contributed by atoms with Crippen LogP contribution in [0.4, 0.5) is 0 Å². The zero-order valence-electron chi connectivity index (χ0n) is 11.9. The van der Waals surface area contributed by atoms with Gasteiger partial charge in [0.05, 0.1) is 12.7 Å². The molecule has 21 heavy (non-hydrogen) atoms. The van der Waals surface area contributed by atoms with Gasteiger partial charge in [-0.05, 0) is 30.2 Å². The number of methoxy groups -OCH3 is 1. The van der Waals surface area contributed by atoms with Gasteiger partial charge >= 0.3 is 5.97 Å². The largest absolute Gasteiger partial charge is 0.465 e. The smallest absolute Gasteiger partial charge is 0.339 e. The maximum absolute atomic E-state index is 11.5. The predicted octanol–water partition coefficient (Wildman–Crippen LogP) is 2.42. The molecule has 0 bridgehead atoms. The SMILES string of the molecule is COC(=O)c1ccc2nc(Cc3ccccc3C)nn2c1. The molecule has 3 aromatic rings. The van der Waals surface area contributed by atoms with Crippen molar-refractivity contribution in [3.05, 3.63) is 65.1 Å². The second-order valence-corrected chi connectivity index (χ2v) is 4.84. The number of pyridine rings is 1. The number of hydrogen-bond donors (Lipinski definition) is 0. The number of hydrogen-bond acceptors (Lipinski definition) is 4. The van der Waals surface area contributed by atoms with E-state index in [0.29, 0.717) is 17.6 Å².